The van der Waals surface area contributed by atoms with Crippen LogP contribution >= 0.6 is 11.6 Å². The van der Waals surface area contributed by atoms with Crippen LogP contribution in [0.25, 0.3) is 0 Å². The van der Waals surface area contributed by atoms with Crippen molar-refractivity contribution in [3.63, 3.8) is 0 Å². The minimum atomic E-state index is -0.0838. The van der Waals surface area contributed by atoms with Gasteiger partial charge >= 0.3 is 0 Å². The van der Waals surface area contributed by atoms with Crippen molar-refractivity contribution in [2.75, 3.05) is 20.1 Å². The molecular formula is C16H24ClN3O. The van der Waals surface area contributed by atoms with Crippen LogP contribution < -0.4 is 5.32 Å². The summed E-state index contributed by atoms with van der Waals surface area (Å²) in [7, 11) is 2.20. The van der Waals surface area contributed by atoms with E-state index >= 15 is 0 Å². The van der Waals surface area contributed by atoms with Crippen LogP contribution in [0.15, 0.2) is 18.3 Å². The second-order valence-electron chi connectivity index (χ2n) is 5.75. The summed E-state index contributed by atoms with van der Waals surface area (Å²) < 4.78 is 0. The number of rotatable bonds is 6. The van der Waals surface area contributed by atoms with Crippen LogP contribution in [0.2, 0.25) is 5.15 Å². The fourth-order valence-electron chi connectivity index (χ4n) is 2.85. The summed E-state index contributed by atoms with van der Waals surface area (Å²) in [6, 6.07) is 4.06. The first-order valence-electron chi connectivity index (χ1n) is 7.77. The van der Waals surface area contributed by atoms with Crippen LogP contribution in [0.3, 0.4) is 0 Å². The van der Waals surface area contributed by atoms with Gasteiger partial charge in [-0.3, -0.25) is 4.79 Å². The van der Waals surface area contributed by atoms with E-state index in [9.17, 15) is 4.79 Å². The highest BCUT2D eigenvalue weighted by Crippen LogP contribution is 2.21. The summed E-state index contributed by atoms with van der Waals surface area (Å²) in [6.45, 7) is 1.72. The van der Waals surface area contributed by atoms with Crippen molar-refractivity contribution >= 4 is 17.5 Å². The molecular weight excluding hydrogens is 286 g/mol. The van der Waals surface area contributed by atoms with Crippen molar-refractivity contribution in [3.8, 4) is 0 Å². The fraction of sp³-hybridized carbons (Fsp3) is 0.625. The Hall–Kier alpha value is -1.13. The molecule has 5 heteroatoms. The molecule has 0 aromatic carbocycles. The van der Waals surface area contributed by atoms with Crippen LogP contribution in [0, 0.1) is 0 Å². The zero-order valence-electron chi connectivity index (χ0n) is 12.6. The number of hydrogen-bond acceptors (Lipinski definition) is 3. The minimum Gasteiger partial charge on any atom is -0.352 e. The molecule has 2 rings (SSSR count). The van der Waals surface area contributed by atoms with Gasteiger partial charge in [0.1, 0.15) is 5.15 Å². The summed E-state index contributed by atoms with van der Waals surface area (Å²) in [4.78, 5) is 18.2. The maximum Gasteiger partial charge on any atom is 0.252 e. The number of carbonyl (C=O) groups is 1. The molecule has 1 saturated carbocycles. The van der Waals surface area contributed by atoms with Crippen molar-refractivity contribution in [1.82, 2.24) is 15.2 Å². The fourth-order valence-corrected chi connectivity index (χ4v) is 2.96. The van der Waals surface area contributed by atoms with Gasteiger partial charge in [0.05, 0.1) is 5.56 Å². The molecule has 0 spiro atoms. The number of hydrogen-bond donors (Lipinski definition) is 1. The quantitative estimate of drug-likeness (QED) is 0.648. The molecule has 0 aliphatic heterocycles. The average Bonchev–Trinajstić information content (AvgIpc) is 2.52. The zero-order valence-corrected chi connectivity index (χ0v) is 13.4. The SMILES string of the molecule is CN(CCCNC(=O)c1ccc(Cl)nc1)C1CCCCC1. The highest BCUT2D eigenvalue weighted by atomic mass is 35.5. The smallest absolute Gasteiger partial charge is 0.252 e. The Labute approximate surface area is 131 Å². The van der Waals surface area contributed by atoms with Gasteiger partial charge in [0.15, 0.2) is 0 Å². The van der Waals surface area contributed by atoms with Gasteiger partial charge in [-0.1, -0.05) is 30.9 Å². The summed E-state index contributed by atoms with van der Waals surface area (Å²) in [5.41, 5.74) is 0.556. The number of halogens is 1. The van der Waals surface area contributed by atoms with Crippen molar-refractivity contribution in [2.45, 2.75) is 44.6 Å². The molecule has 1 fully saturated rings. The summed E-state index contributed by atoms with van der Waals surface area (Å²) in [5, 5.41) is 3.33. The topological polar surface area (TPSA) is 45.2 Å². The van der Waals surface area contributed by atoms with E-state index < -0.39 is 0 Å². The summed E-state index contributed by atoms with van der Waals surface area (Å²) >= 11 is 5.70. The normalized spacial score (nSPS) is 16.1. The highest BCUT2D eigenvalue weighted by molar-refractivity contribution is 6.29. The standard InChI is InChI=1S/C16H24ClN3O/c1-20(14-6-3-2-4-7-14)11-5-10-18-16(21)13-8-9-15(17)19-12-13/h8-9,12,14H,2-7,10-11H2,1H3,(H,18,21). The van der Waals surface area contributed by atoms with E-state index in [1.54, 1.807) is 12.1 Å². The first-order chi connectivity index (χ1) is 10.2. The lowest BCUT2D eigenvalue weighted by Gasteiger charge is -2.31. The van der Waals surface area contributed by atoms with E-state index in [4.69, 9.17) is 11.6 Å². The Morgan fingerprint density at radius 3 is 2.81 bits per heavy atom. The third-order valence-corrected chi connectivity index (χ3v) is 4.38. The van der Waals surface area contributed by atoms with Crippen LogP contribution in [-0.2, 0) is 0 Å². The highest BCUT2D eigenvalue weighted by Gasteiger charge is 2.17. The molecule has 4 nitrogen and oxygen atoms in total. The van der Waals surface area contributed by atoms with E-state index in [1.807, 2.05) is 0 Å². The molecule has 1 aliphatic carbocycles. The number of aromatic nitrogens is 1. The van der Waals surface area contributed by atoms with Crippen molar-refractivity contribution in [2.24, 2.45) is 0 Å². The van der Waals surface area contributed by atoms with Gasteiger partial charge in [0.25, 0.3) is 5.91 Å². The predicted molar refractivity (Wildman–Crippen MR) is 85.7 cm³/mol. The molecule has 1 aliphatic rings. The van der Waals surface area contributed by atoms with E-state index in [1.165, 1.54) is 38.3 Å². The van der Waals surface area contributed by atoms with Crippen LogP contribution in [0.4, 0.5) is 0 Å². The molecule has 1 aromatic heterocycles. The second kappa shape index (κ2) is 8.35. The number of nitrogens with one attached hydrogen (secondary N) is 1. The molecule has 0 radical (unpaired) electrons. The van der Waals surface area contributed by atoms with Gasteiger partial charge < -0.3 is 10.2 Å². The van der Waals surface area contributed by atoms with Crippen LogP contribution in [0.1, 0.15) is 48.9 Å². The largest absolute Gasteiger partial charge is 0.352 e. The molecule has 0 bridgehead atoms. The van der Waals surface area contributed by atoms with E-state index in [2.05, 4.69) is 22.2 Å². The molecule has 0 saturated heterocycles. The Bertz CT molecular complexity index is 443. The zero-order chi connectivity index (χ0) is 15.1. The molecule has 1 heterocycles. The van der Waals surface area contributed by atoms with Gasteiger partial charge in [-0.05, 0) is 45.0 Å². The number of carbonyl (C=O) groups excluding carboxylic acids is 1. The molecule has 1 N–H and O–H groups in total. The third kappa shape index (κ3) is 5.29. The van der Waals surface area contributed by atoms with E-state index in [0.29, 0.717) is 17.3 Å². The number of amides is 1. The predicted octanol–water partition coefficient (Wildman–Crippen LogP) is 3.12. The minimum absolute atomic E-state index is 0.0838. The lowest BCUT2D eigenvalue weighted by molar-refractivity contribution is 0.0950. The third-order valence-electron chi connectivity index (χ3n) is 4.16. The monoisotopic (exact) mass is 309 g/mol. The molecule has 0 unspecified atom stereocenters. The molecule has 116 valence electrons. The van der Waals surface area contributed by atoms with Crippen LogP contribution in [0.5, 0.6) is 0 Å². The van der Waals surface area contributed by atoms with Gasteiger partial charge in [-0.15, -0.1) is 0 Å². The van der Waals surface area contributed by atoms with E-state index in [-0.39, 0.29) is 5.91 Å². The van der Waals surface area contributed by atoms with Gasteiger partial charge in [0, 0.05) is 18.8 Å². The molecule has 1 aromatic rings. The Kier molecular flexibility index (Phi) is 6.46. The summed E-state index contributed by atoms with van der Waals surface area (Å²) in [6.07, 6.45) is 9.21. The first kappa shape index (κ1) is 16.2. The number of nitrogens with zero attached hydrogens (tertiary/aromatic N) is 2. The van der Waals surface area contributed by atoms with Crippen molar-refractivity contribution < 1.29 is 4.79 Å². The summed E-state index contributed by atoms with van der Waals surface area (Å²) in [5.74, 6) is -0.0838. The second-order valence-corrected chi connectivity index (χ2v) is 6.14. The van der Waals surface area contributed by atoms with Crippen molar-refractivity contribution in [3.05, 3.63) is 29.0 Å². The van der Waals surface area contributed by atoms with Gasteiger partial charge in [-0.25, -0.2) is 4.98 Å². The average molecular weight is 310 g/mol. The molecule has 1 amide bonds. The maximum absolute atomic E-state index is 11.9. The maximum atomic E-state index is 11.9. The van der Waals surface area contributed by atoms with Crippen molar-refractivity contribution in [1.29, 1.82) is 0 Å². The lowest BCUT2D eigenvalue weighted by Crippen LogP contribution is -2.35. The van der Waals surface area contributed by atoms with E-state index in [0.717, 1.165) is 19.0 Å². The Morgan fingerprint density at radius 2 is 2.14 bits per heavy atom. The lowest BCUT2D eigenvalue weighted by atomic mass is 9.94. The van der Waals surface area contributed by atoms with Gasteiger partial charge in [-0.2, -0.15) is 0 Å². The first-order valence-corrected chi connectivity index (χ1v) is 8.14. The molecule has 0 atom stereocenters. The Morgan fingerprint density at radius 1 is 1.38 bits per heavy atom. The molecule has 21 heavy (non-hydrogen) atoms. The van der Waals surface area contributed by atoms with Gasteiger partial charge in [0.2, 0.25) is 0 Å². The Balaban J connectivity index is 1.64. The van der Waals surface area contributed by atoms with Crippen LogP contribution in [-0.4, -0.2) is 42.0 Å². The number of pyridine rings is 1.